The van der Waals surface area contributed by atoms with Gasteiger partial charge in [-0.1, -0.05) is 36.4 Å². The summed E-state index contributed by atoms with van der Waals surface area (Å²) in [5, 5.41) is 7.85. The maximum atomic E-state index is 13.5. The van der Waals surface area contributed by atoms with Crippen LogP contribution in [0.25, 0.3) is 27.9 Å². The van der Waals surface area contributed by atoms with Gasteiger partial charge in [-0.05, 0) is 42.3 Å². The van der Waals surface area contributed by atoms with Crippen LogP contribution in [0.2, 0.25) is 0 Å². The number of carbonyl (C=O) groups excluding carboxylic acids is 2. The number of aryl methyl sites for hydroxylation is 1. The molecule has 3 aromatic carbocycles. The van der Waals surface area contributed by atoms with Gasteiger partial charge in [-0.3, -0.25) is 9.59 Å². The first-order valence-electron chi connectivity index (χ1n) is 13.1. The second-order valence-corrected chi connectivity index (χ2v) is 9.50. The van der Waals surface area contributed by atoms with Crippen LogP contribution < -0.4 is 24.8 Å². The van der Waals surface area contributed by atoms with Crippen molar-refractivity contribution < 1.29 is 23.8 Å². The van der Waals surface area contributed by atoms with Crippen molar-refractivity contribution in [3.63, 3.8) is 0 Å². The minimum absolute atomic E-state index is 0.110. The Morgan fingerprint density at radius 2 is 1.61 bits per heavy atom. The number of hydrogen-bond acceptors (Lipinski definition) is 5. The number of methoxy groups -OCH3 is 3. The van der Waals surface area contributed by atoms with Gasteiger partial charge in [0.1, 0.15) is 5.70 Å². The third kappa shape index (κ3) is 5.60. The Kier molecular flexibility index (Phi) is 7.96. The van der Waals surface area contributed by atoms with Crippen molar-refractivity contribution in [2.75, 3.05) is 27.9 Å². The van der Waals surface area contributed by atoms with Gasteiger partial charge in [-0.2, -0.15) is 0 Å². The van der Waals surface area contributed by atoms with Crippen LogP contribution in [0.1, 0.15) is 21.5 Å². The Bertz CT molecular complexity index is 1740. The third-order valence-electron chi connectivity index (χ3n) is 7.00. The second kappa shape index (κ2) is 11.9. The minimum atomic E-state index is -0.498. The van der Waals surface area contributed by atoms with Crippen LogP contribution in [-0.4, -0.2) is 49.2 Å². The molecule has 0 atom stereocenters. The number of amides is 2. The monoisotopic (exact) mass is 552 g/mol. The molecule has 0 fully saturated rings. The molecule has 2 amide bonds. The highest BCUT2D eigenvalue weighted by Crippen LogP contribution is 2.38. The van der Waals surface area contributed by atoms with Crippen molar-refractivity contribution >= 4 is 39.7 Å². The lowest BCUT2D eigenvalue weighted by Gasteiger charge is -2.15. The van der Waals surface area contributed by atoms with E-state index in [1.807, 2.05) is 72.5 Å². The Balaban J connectivity index is 1.43. The fraction of sp³-hybridized carbons (Fsp3) is 0.188. The summed E-state index contributed by atoms with van der Waals surface area (Å²) in [6.07, 6.45) is 6.20. The summed E-state index contributed by atoms with van der Waals surface area (Å²) in [4.78, 5) is 30.2. The summed E-state index contributed by atoms with van der Waals surface area (Å²) in [6, 6.07) is 19.0. The average molecular weight is 553 g/mol. The number of aromatic nitrogens is 2. The standard InChI is InChI=1S/C32H32N4O5/c1-36-19-22(24-10-6-8-12-27(24)36)15-26(32(38)33-14-13-20-18-34-25-11-7-5-9-23(20)25)35-31(37)21-16-28(39-2)30(41-4)29(17-21)40-3/h5-12,15-19,34H,13-14H2,1-4H3,(H,33,38)(H,35,37)/b26-15-. The Labute approximate surface area is 237 Å². The summed E-state index contributed by atoms with van der Waals surface area (Å²) in [6.45, 7) is 0.383. The number of ether oxygens (including phenoxy) is 3. The fourth-order valence-electron chi connectivity index (χ4n) is 4.95. The number of fused-ring (bicyclic) bond motifs is 2. The van der Waals surface area contributed by atoms with Gasteiger partial charge in [-0.15, -0.1) is 0 Å². The van der Waals surface area contributed by atoms with Gasteiger partial charge < -0.3 is 34.4 Å². The molecule has 5 rings (SSSR count). The molecular weight excluding hydrogens is 520 g/mol. The van der Waals surface area contributed by atoms with E-state index in [9.17, 15) is 9.59 Å². The van der Waals surface area contributed by atoms with E-state index in [4.69, 9.17) is 14.2 Å². The molecule has 0 spiro atoms. The molecule has 41 heavy (non-hydrogen) atoms. The zero-order chi connectivity index (χ0) is 28.9. The second-order valence-electron chi connectivity index (χ2n) is 9.50. The number of benzene rings is 3. The number of nitrogens with one attached hydrogen (secondary N) is 3. The molecule has 0 saturated heterocycles. The maximum absolute atomic E-state index is 13.5. The first kappa shape index (κ1) is 27.4. The molecule has 9 heteroatoms. The number of para-hydroxylation sites is 2. The van der Waals surface area contributed by atoms with Crippen molar-refractivity contribution in [3.8, 4) is 17.2 Å². The number of hydrogen-bond donors (Lipinski definition) is 3. The van der Waals surface area contributed by atoms with E-state index in [-0.39, 0.29) is 11.3 Å². The van der Waals surface area contributed by atoms with Gasteiger partial charge in [0.15, 0.2) is 11.5 Å². The molecule has 210 valence electrons. The molecule has 0 saturated carbocycles. The topological polar surface area (TPSA) is 107 Å². The van der Waals surface area contributed by atoms with E-state index in [0.29, 0.717) is 30.2 Å². The number of carbonyl (C=O) groups is 2. The van der Waals surface area contributed by atoms with Gasteiger partial charge >= 0.3 is 0 Å². The first-order valence-corrected chi connectivity index (χ1v) is 13.1. The predicted molar refractivity (Wildman–Crippen MR) is 159 cm³/mol. The van der Waals surface area contributed by atoms with Gasteiger partial charge in [0.05, 0.1) is 21.3 Å². The number of H-pyrrole nitrogens is 1. The largest absolute Gasteiger partial charge is 0.493 e. The zero-order valence-corrected chi connectivity index (χ0v) is 23.4. The number of nitrogens with zero attached hydrogens (tertiary/aromatic N) is 1. The molecule has 9 nitrogen and oxygen atoms in total. The molecule has 2 heterocycles. The summed E-state index contributed by atoms with van der Waals surface area (Å²) in [5.41, 5.74) is 4.31. The van der Waals surface area contributed by atoms with Crippen molar-refractivity contribution in [2.45, 2.75) is 6.42 Å². The van der Waals surface area contributed by atoms with Crippen LogP contribution >= 0.6 is 0 Å². The highest BCUT2D eigenvalue weighted by Gasteiger charge is 2.20. The third-order valence-corrected chi connectivity index (χ3v) is 7.00. The number of rotatable bonds is 10. The molecule has 5 aromatic rings. The number of aromatic amines is 1. The zero-order valence-electron chi connectivity index (χ0n) is 23.4. The van der Waals surface area contributed by atoms with Gasteiger partial charge in [-0.25, -0.2) is 0 Å². The Hall–Kier alpha value is -5.18. The van der Waals surface area contributed by atoms with E-state index >= 15 is 0 Å². The molecule has 0 unspecified atom stereocenters. The van der Waals surface area contributed by atoms with E-state index in [1.165, 1.54) is 21.3 Å². The van der Waals surface area contributed by atoms with Crippen molar-refractivity contribution in [1.82, 2.24) is 20.2 Å². The SMILES string of the molecule is COc1cc(C(=O)N/C(=C\c2cn(C)c3ccccc23)C(=O)NCCc2c[nH]c3ccccc23)cc(OC)c1OC. The van der Waals surface area contributed by atoms with Crippen LogP contribution in [0.4, 0.5) is 0 Å². The molecule has 3 N–H and O–H groups in total. The van der Waals surface area contributed by atoms with Crippen LogP contribution in [0.3, 0.4) is 0 Å². The molecule has 0 bridgehead atoms. The van der Waals surface area contributed by atoms with Crippen LogP contribution in [0.15, 0.2) is 78.8 Å². The van der Waals surface area contributed by atoms with Gasteiger partial charge in [0.2, 0.25) is 5.75 Å². The smallest absolute Gasteiger partial charge is 0.267 e. The molecule has 2 aromatic heterocycles. The Morgan fingerprint density at radius 1 is 0.927 bits per heavy atom. The fourth-order valence-corrected chi connectivity index (χ4v) is 4.95. The van der Waals surface area contributed by atoms with Crippen molar-refractivity contribution in [2.24, 2.45) is 7.05 Å². The molecule has 0 radical (unpaired) electrons. The van der Waals surface area contributed by atoms with Crippen LogP contribution in [0, 0.1) is 0 Å². The van der Waals surface area contributed by atoms with E-state index < -0.39 is 11.8 Å². The van der Waals surface area contributed by atoms with Crippen LogP contribution in [0.5, 0.6) is 17.2 Å². The molecule has 0 aliphatic heterocycles. The molecule has 0 aliphatic carbocycles. The van der Waals surface area contributed by atoms with Crippen molar-refractivity contribution in [3.05, 3.63) is 95.4 Å². The molecule has 0 aliphatic rings. The quantitative estimate of drug-likeness (QED) is 0.216. The normalized spacial score (nSPS) is 11.5. The molecular formula is C32H32N4O5. The lowest BCUT2D eigenvalue weighted by Crippen LogP contribution is -2.35. The van der Waals surface area contributed by atoms with E-state index in [1.54, 1.807) is 18.2 Å². The predicted octanol–water partition coefficient (Wildman–Crippen LogP) is 4.82. The summed E-state index contributed by atoms with van der Waals surface area (Å²) in [7, 11) is 6.39. The average Bonchev–Trinajstić information content (AvgIpc) is 3.56. The lowest BCUT2D eigenvalue weighted by atomic mass is 10.1. The van der Waals surface area contributed by atoms with Gasteiger partial charge in [0, 0.05) is 58.9 Å². The minimum Gasteiger partial charge on any atom is -0.493 e. The maximum Gasteiger partial charge on any atom is 0.267 e. The van der Waals surface area contributed by atoms with E-state index in [2.05, 4.69) is 15.6 Å². The first-order chi connectivity index (χ1) is 19.9. The highest BCUT2D eigenvalue weighted by molar-refractivity contribution is 6.07. The summed E-state index contributed by atoms with van der Waals surface area (Å²) >= 11 is 0. The van der Waals surface area contributed by atoms with Crippen LogP contribution in [-0.2, 0) is 18.3 Å². The summed E-state index contributed by atoms with van der Waals surface area (Å²) < 4.78 is 18.2. The van der Waals surface area contributed by atoms with Gasteiger partial charge in [0.25, 0.3) is 11.8 Å². The Morgan fingerprint density at radius 3 is 2.32 bits per heavy atom. The lowest BCUT2D eigenvalue weighted by molar-refractivity contribution is -0.117. The summed E-state index contributed by atoms with van der Waals surface area (Å²) in [5.74, 6) is 0.133. The highest BCUT2D eigenvalue weighted by atomic mass is 16.5. The van der Waals surface area contributed by atoms with Crippen molar-refractivity contribution in [1.29, 1.82) is 0 Å². The van der Waals surface area contributed by atoms with E-state index in [0.717, 1.165) is 32.9 Å².